The van der Waals surface area contributed by atoms with Crippen LogP contribution in [0.5, 0.6) is 0 Å². The summed E-state index contributed by atoms with van der Waals surface area (Å²) in [6, 6.07) is 15.9. The highest BCUT2D eigenvalue weighted by molar-refractivity contribution is 7.85. The van der Waals surface area contributed by atoms with Gasteiger partial charge in [0, 0.05) is 26.2 Å². The number of anilines is 4. The van der Waals surface area contributed by atoms with Crippen molar-refractivity contribution in [1.29, 1.82) is 10.5 Å². The van der Waals surface area contributed by atoms with Crippen molar-refractivity contribution in [2.24, 2.45) is 0 Å². The fourth-order valence-electron chi connectivity index (χ4n) is 5.42. The number of rotatable bonds is 10. The molecule has 10 heteroatoms. The zero-order chi connectivity index (χ0) is 28.2. The van der Waals surface area contributed by atoms with Gasteiger partial charge in [0.15, 0.2) is 0 Å². The highest BCUT2D eigenvalue weighted by atomic mass is 32.2. The first kappa shape index (κ1) is 28.0. The lowest BCUT2D eigenvalue weighted by Gasteiger charge is -2.30. The van der Waals surface area contributed by atoms with Gasteiger partial charge in [-0.3, -0.25) is 4.55 Å². The maximum absolute atomic E-state index is 11.2. The number of hydrogen-bond acceptors (Lipinski definition) is 8. The second kappa shape index (κ2) is 11.8. The SMILES string of the molecule is CCN1/C(=C/C=C/C2N(CC)c3ccc(C#N)cc3N2CCCCS(=O)(=O)O)N(CC)c2cc(C#N)ccc21. The molecule has 0 amide bonds. The summed E-state index contributed by atoms with van der Waals surface area (Å²) in [5.74, 6) is 0.760. The minimum atomic E-state index is -4.01. The van der Waals surface area contributed by atoms with E-state index in [-0.39, 0.29) is 11.9 Å². The zero-order valence-electron chi connectivity index (χ0n) is 22.6. The summed E-state index contributed by atoms with van der Waals surface area (Å²) in [5, 5.41) is 18.9. The molecule has 39 heavy (non-hydrogen) atoms. The molecule has 2 heterocycles. The van der Waals surface area contributed by atoms with Crippen molar-refractivity contribution in [3.63, 3.8) is 0 Å². The van der Waals surface area contributed by atoms with E-state index in [1.165, 1.54) is 0 Å². The third kappa shape index (κ3) is 5.73. The molecule has 2 aromatic carbocycles. The Hall–Kier alpha value is -3.99. The largest absolute Gasteiger partial charge is 0.346 e. The van der Waals surface area contributed by atoms with Crippen LogP contribution in [0.2, 0.25) is 0 Å². The van der Waals surface area contributed by atoms with E-state index in [1.54, 1.807) is 0 Å². The van der Waals surface area contributed by atoms with Gasteiger partial charge in [-0.05, 0) is 82.2 Å². The molecule has 0 aliphatic carbocycles. The quantitative estimate of drug-likeness (QED) is 0.330. The highest BCUT2D eigenvalue weighted by Crippen LogP contribution is 2.43. The van der Waals surface area contributed by atoms with Crippen molar-refractivity contribution in [1.82, 2.24) is 0 Å². The average molecular weight is 547 g/mol. The predicted octanol–water partition coefficient (Wildman–Crippen LogP) is 4.83. The van der Waals surface area contributed by atoms with E-state index in [0.717, 1.165) is 48.2 Å². The molecule has 204 valence electrons. The standard InChI is InChI=1S/C29H34N6O3S/c1-4-32-24-14-12-22(20-30)18-26(24)34(6-3)28(32)10-9-11-29-33(5-2)25-15-13-23(21-31)19-27(25)35(29)16-7-8-17-39(36,37)38/h9-15,18-19,29H,4-8,16-17H2,1-3H3,(H,36,37,38)/b11-9+,28-10-. The molecule has 2 aliphatic rings. The number of unbranched alkanes of at least 4 members (excludes halogenated alkanes) is 1. The lowest BCUT2D eigenvalue weighted by molar-refractivity contribution is 0.480. The maximum Gasteiger partial charge on any atom is 0.264 e. The van der Waals surface area contributed by atoms with Crippen molar-refractivity contribution in [2.45, 2.75) is 39.8 Å². The highest BCUT2D eigenvalue weighted by Gasteiger charge is 2.34. The monoisotopic (exact) mass is 546 g/mol. The van der Waals surface area contributed by atoms with Crippen LogP contribution in [0.15, 0.2) is 60.4 Å². The van der Waals surface area contributed by atoms with Gasteiger partial charge in [-0.15, -0.1) is 0 Å². The van der Waals surface area contributed by atoms with Crippen LogP contribution in [-0.2, 0) is 10.1 Å². The molecule has 0 bridgehead atoms. The van der Waals surface area contributed by atoms with Crippen LogP contribution in [0, 0.1) is 22.7 Å². The van der Waals surface area contributed by atoms with Gasteiger partial charge < -0.3 is 19.6 Å². The Labute approximate surface area is 231 Å². The lowest BCUT2D eigenvalue weighted by atomic mass is 10.1. The molecule has 2 aliphatic heterocycles. The zero-order valence-corrected chi connectivity index (χ0v) is 23.4. The van der Waals surface area contributed by atoms with Gasteiger partial charge in [0.1, 0.15) is 12.0 Å². The number of allylic oxidation sites excluding steroid dienone is 2. The lowest BCUT2D eigenvalue weighted by Crippen LogP contribution is -2.42. The Morgan fingerprint density at radius 2 is 1.46 bits per heavy atom. The van der Waals surface area contributed by atoms with Gasteiger partial charge in [-0.2, -0.15) is 18.9 Å². The molecule has 9 nitrogen and oxygen atoms in total. The fraction of sp³-hybridized carbons (Fsp3) is 0.379. The molecule has 1 unspecified atom stereocenters. The number of nitrogens with zero attached hydrogens (tertiary/aromatic N) is 6. The summed E-state index contributed by atoms with van der Waals surface area (Å²) in [5.41, 5.74) is 5.25. The molecule has 2 aromatic rings. The maximum atomic E-state index is 11.2. The Kier molecular flexibility index (Phi) is 8.49. The molecule has 4 rings (SSSR count). The van der Waals surface area contributed by atoms with Crippen LogP contribution in [0.25, 0.3) is 0 Å². The molecular weight excluding hydrogens is 512 g/mol. The normalized spacial score (nSPS) is 17.6. The van der Waals surface area contributed by atoms with Crippen molar-refractivity contribution >= 4 is 32.9 Å². The second-order valence-corrected chi connectivity index (χ2v) is 11.0. The predicted molar refractivity (Wildman–Crippen MR) is 155 cm³/mol. The Morgan fingerprint density at radius 1 is 0.846 bits per heavy atom. The van der Waals surface area contributed by atoms with Gasteiger partial charge in [0.05, 0.1) is 51.8 Å². The molecule has 0 saturated heterocycles. The van der Waals surface area contributed by atoms with Gasteiger partial charge in [-0.25, -0.2) is 0 Å². The summed E-state index contributed by atoms with van der Waals surface area (Å²) in [7, 11) is -4.01. The molecule has 1 N–H and O–H groups in total. The van der Waals surface area contributed by atoms with E-state index in [1.807, 2.05) is 42.5 Å². The van der Waals surface area contributed by atoms with Crippen LogP contribution in [0.1, 0.15) is 44.7 Å². The number of fused-ring (bicyclic) bond motifs is 2. The van der Waals surface area contributed by atoms with Gasteiger partial charge in [-0.1, -0.05) is 6.08 Å². The number of nitriles is 2. The van der Waals surface area contributed by atoms with E-state index in [4.69, 9.17) is 4.55 Å². The van der Waals surface area contributed by atoms with Crippen LogP contribution in [0.4, 0.5) is 22.7 Å². The second-order valence-electron chi connectivity index (χ2n) is 9.42. The summed E-state index contributed by atoms with van der Waals surface area (Å²) in [6.45, 7) is 9.13. The summed E-state index contributed by atoms with van der Waals surface area (Å²) in [6.07, 6.45) is 7.05. The van der Waals surface area contributed by atoms with Crippen molar-refractivity contribution < 1.29 is 13.0 Å². The van der Waals surface area contributed by atoms with E-state index in [0.29, 0.717) is 30.5 Å². The molecule has 0 aromatic heterocycles. The van der Waals surface area contributed by atoms with Crippen LogP contribution < -0.4 is 19.6 Å². The van der Waals surface area contributed by atoms with Crippen LogP contribution in [0.3, 0.4) is 0 Å². The Morgan fingerprint density at radius 3 is 2.05 bits per heavy atom. The average Bonchev–Trinajstić information content (AvgIpc) is 3.40. The van der Waals surface area contributed by atoms with Crippen molar-refractivity contribution in [3.8, 4) is 12.1 Å². The Balaban J connectivity index is 1.65. The molecule has 1 atom stereocenters. The summed E-state index contributed by atoms with van der Waals surface area (Å²) >= 11 is 0. The van der Waals surface area contributed by atoms with Gasteiger partial charge >= 0.3 is 0 Å². The fourth-order valence-corrected chi connectivity index (χ4v) is 5.99. The minimum Gasteiger partial charge on any atom is -0.346 e. The van der Waals surface area contributed by atoms with Gasteiger partial charge in [0.25, 0.3) is 10.1 Å². The first-order valence-electron chi connectivity index (χ1n) is 13.3. The first-order valence-corrected chi connectivity index (χ1v) is 14.9. The smallest absolute Gasteiger partial charge is 0.264 e. The number of hydrogen-bond donors (Lipinski definition) is 1. The molecule has 0 spiro atoms. The minimum absolute atomic E-state index is 0.124. The van der Waals surface area contributed by atoms with E-state index < -0.39 is 10.1 Å². The molecule has 0 fully saturated rings. The Bertz CT molecular complexity index is 1470. The summed E-state index contributed by atoms with van der Waals surface area (Å²) < 4.78 is 31.6. The first-order chi connectivity index (χ1) is 18.8. The molecule has 0 saturated carbocycles. The third-order valence-electron chi connectivity index (χ3n) is 7.15. The van der Waals surface area contributed by atoms with Crippen LogP contribution >= 0.6 is 0 Å². The van der Waals surface area contributed by atoms with Crippen molar-refractivity contribution in [3.05, 3.63) is 71.6 Å². The number of benzene rings is 2. The molecular formula is C29H34N6O3S. The summed E-state index contributed by atoms with van der Waals surface area (Å²) in [4.78, 5) is 8.89. The van der Waals surface area contributed by atoms with Crippen LogP contribution in [-0.4, -0.2) is 51.1 Å². The van der Waals surface area contributed by atoms with Gasteiger partial charge in [0.2, 0.25) is 0 Å². The van der Waals surface area contributed by atoms with E-state index in [9.17, 15) is 18.9 Å². The topological polar surface area (TPSA) is 115 Å². The third-order valence-corrected chi connectivity index (χ3v) is 7.96. The molecule has 0 radical (unpaired) electrons. The van der Waals surface area contributed by atoms with Crippen molar-refractivity contribution in [2.75, 3.05) is 51.5 Å². The number of likely N-dealkylation sites (N-methyl/N-ethyl adjacent to an activating group) is 1. The van der Waals surface area contributed by atoms with E-state index in [2.05, 4.69) is 64.7 Å². The van der Waals surface area contributed by atoms with E-state index >= 15 is 0 Å².